The average Bonchev–Trinajstić information content (AvgIpc) is 2.27. The average molecular weight is 207 g/mol. The number of hydrogen-bond acceptors (Lipinski definition) is 4. The minimum Gasteiger partial charge on any atom is -0.443 e. The van der Waals surface area contributed by atoms with E-state index >= 15 is 0 Å². The molecule has 79 valence electrons. The summed E-state index contributed by atoms with van der Waals surface area (Å²) in [6.07, 6.45) is -0.908. The van der Waals surface area contributed by atoms with Crippen LogP contribution < -0.4 is 11.1 Å². The number of carbonyl (C=O) groups excluding carboxylic acids is 2. The van der Waals surface area contributed by atoms with Crippen molar-refractivity contribution >= 4 is 12.0 Å². The fraction of sp³-hybridized carbons (Fsp3) is 0.200. The van der Waals surface area contributed by atoms with Crippen LogP contribution in [-0.2, 0) is 16.1 Å². The van der Waals surface area contributed by atoms with Crippen LogP contribution in [0.25, 0.3) is 0 Å². The van der Waals surface area contributed by atoms with Crippen molar-refractivity contribution in [3.05, 3.63) is 35.9 Å². The van der Waals surface area contributed by atoms with Gasteiger partial charge in [-0.15, -0.1) is 5.32 Å². The maximum atomic E-state index is 10.9. The summed E-state index contributed by atoms with van der Waals surface area (Å²) in [7, 11) is 0. The molecule has 0 aliphatic carbocycles. The number of ether oxygens (including phenoxy) is 1. The second-order valence-electron chi connectivity index (χ2n) is 2.75. The fourth-order valence-electron chi connectivity index (χ4n) is 0.899. The van der Waals surface area contributed by atoms with Crippen molar-refractivity contribution < 1.29 is 14.3 Å². The zero-order valence-corrected chi connectivity index (χ0v) is 8.05. The number of nitrogens with zero attached hydrogens (tertiary/aromatic N) is 1. The van der Waals surface area contributed by atoms with Crippen LogP contribution in [0.15, 0.2) is 30.3 Å². The maximum absolute atomic E-state index is 10.9. The van der Waals surface area contributed by atoms with Crippen LogP contribution in [0, 0.1) is 0 Å². The largest absolute Gasteiger partial charge is 0.443 e. The first-order valence-electron chi connectivity index (χ1n) is 4.37. The molecule has 1 aromatic carbocycles. The summed E-state index contributed by atoms with van der Waals surface area (Å²) in [6.45, 7) is -0.193. The third-order valence-electron chi connectivity index (χ3n) is 1.60. The molecule has 0 atom stereocenters. The summed E-state index contributed by atoms with van der Waals surface area (Å²) in [5.74, 6) is -0.687. The van der Waals surface area contributed by atoms with E-state index in [0.29, 0.717) is 0 Å². The van der Waals surface area contributed by atoms with E-state index in [0.717, 1.165) is 5.56 Å². The lowest BCUT2D eigenvalue weighted by Crippen LogP contribution is -2.29. The molecule has 1 aromatic rings. The molecule has 0 unspecified atom stereocenters. The van der Waals surface area contributed by atoms with Gasteiger partial charge in [0.15, 0.2) is 0 Å². The van der Waals surface area contributed by atoms with Crippen molar-refractivity contribution in [2.75, 3.05) is 6.54 Å². The predicted molar refractivity (Wildman–Crippen MR) is 52.8 cm³/mol. The first-order valence-corrected chi connectivity index (χ1v) is 4.37. The molecule has 0 aliphatic rings. The maximum Gasteiger partial charge on any atom is 0.437 e. The van der Waals surface area contributed by atoms with E-state index in [-0.39, 0.29) is 13.2 Å². The third kappa shape index (κ3) is 4.24. The highest BCUT2D eigenvalue weighted by atomic mass is 16.5. The lowest BCUT2D eigenvalue weighted by atomic mass is 10.2. The van der Waals surface area contributed by atoms with Crippen molar-refractivity contribution in [2.45, 2.75) is 6.61 Å². The number of hydrogen-bond donors (Lipinski definition) is 1. The van der Waals surface area contributed by atoms with Crippen LogP contribution in [-0.4, -0.2) is 18.5 Å². The summed E-state index contributed by atoms with van der Waals surface area (Å²) in [4.78, 5) is 21.6. The Morgan fingerprint density at radius 1 is 1.27 bits per heavy atom. The van der Waals surface area contributed by atoms with Crippen LogP contribution in [0.1, 0.15) is 5.56 Å². The molecule has 2 N–H and O–H groups in total. The smallest absolute Gasteiger partial charge is 0.437 e. The molecule has 0 saturated carbocycles. The number of amides is 2. The summed E-state index contributed by atoms with van der Waals surface area (Å²) in [5, 5.41) is 3.09. The molecule has 0 aromatic heterocycles. The van der Waals surface area contributed by atoms with E-state index in [9.17, 15) is 9.59 Å². The highest BCUT2D eigenvalue weighted by molar-refractivity contribution is 5.92. The number of carbonyl (C=O) groups is 2. The Kier molecular flexibility index (Phi) is 4.30. The Balaban J connectivity index is 2.32. The van der Waals surface area contributed by atoms with Gasteiger partial charge in [0.25, 0.3) is 5.91 Å². The standard InChI is InChI=1S/C10H11N2O3/c11-6-9(13)12-10(14)15-7-8-4-2-1-3-5-8/h1-5H,6-7,11H2. The number of nitrogens with two attached hydrogens (primary N) is 1. The SMILES string of the molecule is NCC(=O)[N]C(=O)OCc1ccccc1. The number of benzene rings is 1. The van der Waals surface area contributed by atoms with Crippen molar-refractivity contribution in [2.24, 2.45) is 5.73 Å². The van der Waals surface area contributed by atoms with Gasteiger partial charge in [-0.2, -0.15) is 0 Å². The van der Waals surface area contributed by atoms with Crippen LogP contribution in [0.4, 0.5) is 4.79 Å². The lowest BCUT2D eigenvalue weighted by Gasteiger charge is -2.02. The molecule has 0 heterocycles. The molecule has 0 saturated heterocycles. The molecule has 0 bridgehead atoms. The molecular formula is C10H11N2O3. The van der Waals surface area contributed by atoms with Crippen LogP contribution >= 0.6 is 0 Å². The predicted octanol–water partition coefficient (Wildman–Crippen LogP) is 0.413. The summed E-state index contributed by atoms with van der Waals surface area (Å²) in [5.41, 5.74) is 5.81. The molecule has 1 radical (unpaired) electrons. The highest BCUT2D eigenvalue weighted by Gasteiger charge is 2.09. The van der Waals surface area contributed by atoms with Gasteiger partial charge in [0.05, 0.1) is 6.54 Å². The van der Waals surface area contributed by atoms with Gasteiger partial charge in [0.1, 0.15) is 6.61 Å². The van der Waals surface area contributed by atoms with E-state index in [4.69, 9.17) is 10.5 Å². The van der Waals surface area contributed by atoms with Crippen LogP contribution in [0.5, 0.6) is 0 Å². The van der Waals surface area contributed by atoms with Crippen molar-refractivity contribution in [3.63, 3.8) is 0 Å². The Morgan fingerprint density at radius 3 is 2.53 bits per heavy atom. The van der Waals surface area contributed by atoms with E-state index < -0.39 is 12.0 Å². The first-order chi connectivity index (χ1) is 7.22. The molecule has 0 aliphatic heterocycles. The lowest BCUT2D eigenvalue weighted by molar-refractivity contribution is -0.119. The molecule has 5 nitrogen and oxygen atoms in total. The van der Waals surface area contributed by atoms with Gasteiger partial charge in [0, 0.05) is 0 Å². The Labute approximate surface area is 87.2 Å². The molecule has 2 amide bonds. The van der Waals surface area contributed by atoms with Crippen molar-refractivity contribution in [1.29, 1.82) is 0 Å². The van der Waals surface area contributed by atoms with Gasteiger partial charge in [-0.05, 0) is 5.56 Å². The highest BCUT2D eigenvalue weighted by Crippen LogP contribution is 2.00. The van der Waals surface area contributed by atoms with E-state index in [2.05, 4.69) is 5.32 Å². The monoisotopic (exact) mass is 207 g/mol. The van der Waals surface area contributed by atoms with Gasteiger partial charge < -0.3 is 10.5 Å². The molecule has 0 spiro atoms. The summed E-state index contributed by atoms with van der Waals surface area (Å²) < 4.78 is 4.72. The quantitative estimate of drug-likeness (QED) is 0.778. The summed E-state index contributed by atoms with van der Waals surface area (Å²) in [6, 6.07) is 9.11. The molecule has 1 rings (SSSR count). The van der Waals surface area contributed by atoms with Gasteiger partial charge >= 0.3 is 6.09 Å². The van der Waals surface area contributed by atoms with Gasteiger partial charge in [-0.1, -0.05) is 30.3 Å². The van der Waals surface area contributed by atoms with Crippen molar-refractivity contribution in [1.82, 2.24) is 5.32 Å². The van der Waals surface area contributed by atoms with E-state index in [1.807, 2.05) is 18.2 Å². The molecule has 5 heteroatoms. The first kappa shape index (κ1) is 11.2. The van der Waals surface area contributed by atoms with Crippen LogP contribution in [0.3, 0.4) is 0 Å². The molecule has 0 fully saturated rings. The minimum absolute atomic E-state index is 0.0982. The fourth-order valence-corrected chi connectivity index (χ4v) is 0.899. The minimum atomic E-state index is -0.908. The van der Waals surface area contributed by atoms with E-state index in [1.165, 1.54) is 0 Å². The Morgan fingerprint density at radius 2 is 1.93 bits per heavy atom. The normalized spacial score (nSPS) is 9.40. The second-order valence-corrected chi connectivity index (χ2v) is 2.75. The third-order valence-corrected chi connectivity index (χ3v) is 1.60. The number of imide groups is 1. The number of rotatable bonds is 3. The van der Waals surface area contributed by atoms with Crippen LogP contribution in [0.2, 0.25) is 0 Å². The Bertz CT molecular complexity index is 338. The van der Waals surface area contributed by atoms with E-state index in [1.54, 1.807) is 12.1 Å². The molecular weight excluding hydrogens is 196 g/mol. The van der Waals surface area contributed by atoms with Crippen molar-refractivity contribution in [3.8, 4) is 0 Å². The summed E-state index contributed by atoms with van der Waals surface area (Å²) >= 11 is 0. The van der Waals surface area contributed by atoms with Gasteiger partial charge in [0.2, 0.25) is 0 Å². The zero-order chi connectivity index (χ0) is 11.1. The topological polar surface area (TPSA) is 83.5 Å². The molecule has 15 heavy (non-hydrogen) atoms. The van der Waals surface area contributed by atoms with Gasteiger partial charge in [-0.3, -0.25) is 4.79 Å². The second kappa shape index (κ2) is 5.77. The Hall–Kier alpha value is -1.88. The zero-order valence-electron chi connectivity index (χ0n) is 8.05. The van der Waals surface area contributed by atoms with Gasteiger partial charge in [-0.25, -0.2) is 4.79 Å².